The van der Waals surface area contributed by atoms with Gasteiger partial charge in [-0.2, -0.15) is 0 Å². The van der Waals surface area contributed by atoms with E-state index in [4.69, 9.17) is 9.47 Å². The van der Waals surface area contributed by atoms with Gasteiger partial charge in [0, 0.05) is 19.7 Å². The maximum atomic E-state index is 12.5. The van der Waals surface area contributed by atoms with E-state index in [1.54, 1.807) is 32.3 Å². The molecule has 110 valence electrons. The zero-order valence-electron chi connectivity index (χ0n) is 12.3. The Morgan fingerprint density at radius 3 is 2.55 bits per heavy atom. The summed E-state index contributed by atoms with van der Waals surface area (Å²) >= 11 is 0. The number of amides is 1. The van der Waals surface area contributed by atoms with Crippen molar-refractivity contribution in [2.45, 2.75) is 13.3 Å². The van der Waals surface area contributed by atoms with E-state index in [1.807, 2.05) is 6.92 Å². The Hall–Kier alpha value is -2.04. The number of methoxy groups -OCH3 is 1. The largest absolute Gasteiger partial charge is 0.493 e. The predicted molar refractivity (Wildman–Crippen MR) is 76.0 cm³/mol. The van der Waals surface area contributed by atoms with Gasteiger partial charge < -0.3 is 14.4 Å². The van der Waals surface area contributed by atoms with Crippen LogP contribution >= 0.6 is 0 Å². The van der Waals surface area contributed by atoms with Crippen LogP contribution in [0.2, 0.25) is 0 Å². The highest BCUT2D eigenvalue weighted by Crippen LogP contribution is 2.29. The van der Waals surface area contributed by atoms with Crippen LogP contribution in [0.3, 0.4) is 0 Å². The fraction of sp³-hybridized carbons (Fsp3) is 0.400. The molecule has 0 N–H and O–H groups in total. The quantitative estimate of drug-likeness (QED) is 0.804. The first kappa shape index (κ1) is 16.0. The molecule has 1 aromatic rings. The first-order valence-corrected chi connectivity index (χ1v) is 6.34. The molecular weight excluding hydrogens is 261 g/mol. The molecule has 0 spiro atoms. The normalized spacial score (nSPS) is 11.2. The molecule has 0 radical (unpaired) electrons. The van der Waals surface area contributed by atoms with Crippen LogP contribution in [0.1, 0.15) is 23.7 Å². The molecule has 0 aliphatic carbocycles. The Morgan fingerprint density at radius 1 is 1.35 bits per heavy atom. The van der Waals surface area contributed by atoms with Crippen molar-refractivity contribution in [2.75, 3.05) is 27.8 Å². The SMILES string of the molecule is CCC(=CF)COc1ccc(C(=O)N(C)C)cc1OC. The van der Waals surface area contributed by atoms with Crippen LogP contribution in [0.5, 0.6) is 11.5 Å². The summed E-state index contributed by atoms with van der Waals surface area (Å²) in [6.07, 6.45) is 1.13. The standard InChI is InChI=1S/C15H20FNO3/c1-5-11(9-16)10-20-13-7-6-12(8-14(13)19-4)15(18)17(2)3/h6-9H,5,10H2,1-4H3. The fourth-order valence-corrected chi connectivity index (χ4v) is 1.56. The summed E-state index contributed by atoms with van der Waals surface area (Å²) in [7, 11) is 4.86. The van der Waals surface area contributed by atoms with Crippen LogP contribution < -0.4 is 9.47 Å². The number of carbonyl (C=O) groups is 1. The van der Waals surface area contributed by atoms with E-state index >= 15 is 0 Å². The lowest BCUT2D eigenvalue weighted by atomic mass is 10.2. The van der Waals surface area contributed by atoms with Gasteiger partial charge in [-0.05, 0) is 30.2 Å². The van der Waals surface area contributed by atoms with Crippen LogP contribution in [-0.4, -0.2) is 38.6 Å². The molecule has 0 saturated heterocycles. The van der Waals surface area contributed by atoms with E-state index in [0.717, 1.165) is 0 Å². The van der Waals surface area contributed by atoms with Crippen molar-refractivity contribution in [2.24, 2.45) is 0 Å². The van der Waals surface area contributed by atoms with Gasteiger partial charge in [-0.1, -0.05) is 6.92 Å². The van der Waals surface area contributed by atoms with Gasteiger partial charge in [0.05, 0.1) is 13.4 Å². The number of halogens is 1. The first-order valence-electron chi connectivity index (χ1n) is 6.34. The van der Waals surface area contributed by atoms with Crippen molar-refractivity contribution in [3.63, 3.8) is 0 Å². The maximum Gasteiger partial charge on any atom is 0.253 e. The van der Waals surface area contributed by atoms with Crippen molar-refractivity contribution in [1.82, 2.24) is 4.90 Å². The molecule has 0 unspecified atom stereocenters. The van der Waals surface area contributed by atoms with Gasteiger partial charge in [-0.25, -0.2) is 4.39 Å². The number of benzene rings is 1. The second kappa shape index (κ2) is 7.53. The Morgan fingerprint density at radius 2 is 2.05 bits per heavy atom. The van der Waals surface area contributed by atoms with Crippen molar-refractivity contribution < 1.29 is 18.7 Å². The third kappa shape index (κ3) is 3.98. The van der Waals surface area contributed by atoms with Crippen molar-refractivity contribution in [3.8, 4) is 11.5 Å². The summed E-state index contributed by atoms with van der Waals surface area (Å²) in [5, 5.41) is 0. The molecule has 0 aliphatic heterocycles. The number of hydrogen-bond acceptors (Lipinski definition) is 3. The minimum absolute atomic E-state index is 0.118. The van der Waals surface area contributed by atoms with Gasteiger partial charge in [0.2, 0.25) is 0 Å². The lowest BCUT2D eigenvalue weighted by Crippen LogP contribution is -2.21. The number of ether oxygens (including phenoxy) is 2. The molecule has 0 saturated carbocycles. The van der Waals surface area contributed by atoms with Crippen molar-refractivity contribution in [1.29, 1.82) is 0 Å². The lowest BCUT2D eigenvalue weighted by molar-refractivity contribution is 0.0827. The highest BCUT2D eigenvalue weighted by molar-refractivity contribution is 5.94. The zero-order valence-corrected chi connectivity index (χ0v) is 12.3. The van der Waals surface area contributed by atoms with E-state index in [1.165, 1.54) is 12.0 Å². The number of rotatable bonds is 6. The van der Waals surface area contributed by atoms with Gasteiger partial charge in [-0.15, -0.1) is 0 Å². The number of hydrogen-bond donors (Lipinski definition) is 0. The van der Waals surface area contributed by atoms with Crippen LogP contribution in [0.4, 0.5) is 4.39 Å². The Balaban J connectivity index is 2.91. The summed E-state index contributed by atoms with van der Waals surface area (Å²) in [6.45, 7) is 2.01. The molecule has 0 bridgehead atoms. The Kier molecular flexibility index (Phi) is 6.03. The molecule has 1 rings (SSSR count). The molecule has 0 atom stereocenters. The highest BCUT2D eigenvalue weighted by atomic mass is 19.1. The molecular formula is C15H20FNO3. The Labute approximate surface area is 118 Å². The molecule has 0 aliphatic rings. The number of nitrogens with zero attached hydrogens (tertiary/aromatic N) is 1. The molecule has 0 aromatic heterocycles. The number of carbonyl (C=O) groups excluding carboxylic acids is 1. The van der Waals surface area contributed by atoms with E-state index in [2.05, 4.69) is 0 Å². The minimum Gasteiger partial charge on any atom is -0.493 e. The molecule has 1 amide bonds. The molecule has 1 aromatic carbocycles. The van der Waals surface area contributed by atoms with Crippen LogP contribution in [0, 0.1) is 0 Å². The second-order valence-electron chi connectivity index (χ2n) is 4.47. The van der Waals surface area contributed by atoms with Gasteiger partial charge >= 0.3 is 0 Å². The molecule has 0 fully saturated rings. The highest BCUT2D eigenvalue weighted by Gasteiger charge is 2.12. The lowest BCUT2D eigenvalue weighted by Gasteiger charge is -2.14. The summed E-state index contributed by atoms with van der Waals surface area (Å²) in [4.78, 5) is 13.3. The fourth-order valence-electron chi connectivity index (χ4n) is 1.56. The van der Waals surface area contributed by atoms with E-state index in [-0.39, 0.29) is 12.5 Å². The van der Waals surface area contributed by atoms with Crippen LogP contribution in [0.15, 0.2) is 30.1 Å². The summed E-state index contributed by atoms with van der Waals surface area (Å²) in [5.41, 5.74) is 1.07. The Bertz CT molecular complexity index is 498. The maximum absolute atomic E-state index is 12.5. The second-order valence-corrected chi connectivity index (χ2v) is 4.47. The van der Waals surface area contributed by atoms with Crippen molar-refractivity contribution in [3.05, 3.63) is 35.7 Å². The third-order valence-electron chi connectivity index (χ3n) is 2.84. The first-order chi connectivity index (χ1) is 9.53. The van der Waals surface area contributed by atoms with Crippen molar-refractivity contribution >= 4 is 5.91 Å². The average Bonchev–Trinajstić information content (AvgIpc) is 2.47. The smallest absolute Gasteiger partial charge is 0.253 e. The average molecular weight is 281 g/mol. The van der Waals surface area contributed by atoms with E-state index in [0.29, 0.717) is 35.4 Å². The summed E-state index contributed by atoms with van der Waals surface area (Å²) in [5.74, 6) is 0.815. The van der Waals surface area contributed by atoms with Crippen LogP contribution in [0.25, 0.3) is 0 Å². The molecule has 20 heavy (non-hydrogen) atoms. The topological polar surface area (TPSA) is 38.8 Å². The third-order valence-corrected chi connectivity index (χ3v) is 2.84. The molecule has 4 nitrogen and oxygen atoms in total. The zero-order chi connectivity index (χ0) is 15.1. The summed E-state index contributed by atoms with van der Waals surface area (Å²) < 4.78 is 23.2. The van der Waals surface area contributed by atoms with Gasteiger partial charge in [0.25, 0.3) is 5.91 Å². The van der Waals surface area contributed by atoms with E-state index < -0.39 is 0 Å². The minimum atomic E-state index is -0.118. The van der Waals surface area contributed by atoms with Gasteiger partial charge in [0.1, 0.15) is 6.61 Å². The summed E-state index contributed by atoms with van der Waals surface area (Å²) in [6, 6.07) is 4.93. The predicted octanol–water partition coefficient (Wildman–Crippen LogP) is 3.04. The van der Waals surface area contributed by atoms with E-state index in [9.17, 15) is 9.18 Å². The molecule has 5 heteroatoms. The van der Waals surface area contributed by atoms with Gasteiger partial charge in [0.15, 0.2) is 11.5 Å². The van der Waals surface area contributed by atoms with Gasteiger partial charge in [-0.3, -0.25) is 4.79 Å². The monoisotopic (exact) mass is 281 g/mol. The molecule has 0 heterocycles. The van der Waals surface area contributed by atoms with Crippen LogP contribution in [-0.2, 0) is 0 Å².